The molecule has 4 rings (SSSR count). The van der Waals surface area contributed by atoms with Crippen molar-refractivity contribution in [1.82, 2.24) is 15.2 Å². The maximum Gasteiger partial charge on any atom is 0.309 e. The Kier molecular flexibility index (Phi) is 5.03. The summed E-state index contributed by atoms with van der Waals surface area (Å²) in [7, 11) is 5.28. The van der Waals surface area contributed by atoms with Crippen LogP contribution in [0.5, 0.6) is 0 Å². The lowest BCUT2D eigenvalue weighted by atomic mass is 9.97. The molecule has 0 unspecified atom stereocenters. The second-order valence-electron chi connectivity index (χ2n) is 7.43. The van der Waals surface area contributed by atoms with Crippen LogP contribution >= 0.6 is 11.3 Å². The summed E-state index contributed by atoms with van der Waals surface area (Å²) in [5.74, 6) is -0.310. The third-order valence-corrected chi connectivity index (χ3v) is 6.33. The van der Waals surface area contributed by atoms with E-state index in [1.54, 1.807) is 25.4 Å². The van der Waals surface area contributed by atoms with Gasteiger partial charge in [0, 0.05) is 43.7 Å². The number of amides is 1. The molecular weight excluding hydrogens is 386 g/mol. The Bertz CT molecular complexity index is 1110. The molecule has 2 aromatic heterocycles. The first kappa shape index (κ1) is 19.4. The lowest BCUT2D eigenvalue weighted by Crippen LogP contribution is -2.29. The highest BCUT2D eigenvalue weighted by molar-refractivity contribution is 7.13. The number of anilines is 1. The monoisotopic (exact) mass is 409 g/mol. The molecule has 1 aliphatic rings. The van der Waals surface area contributed by atoms with Gasteiger partial charge in [-0.25, -0.2) is 4.98 Å². The Balaban J connectivity index is 2.04. The minimum Gasteiger partial charge on any atom is -0.430 e. The van der Waals surface area contributed by atoms with Crippen LogP contribution in [0.15, 0.2) is 21.9 Å². The molecule has 1 atom stereocenters. The van der Waals surface area contributed by atoms with Gasteiger partial charge in [-0.15, -0.1) is 11.3 Å². The molecule has 1 amide bonds. The number of fused-ring (bicyclic) bond motifs is 1. The van der Waals surface area contributed by atoms with E-state index < -0.39 is 0 Å². The third kappa shape index (κ3) is 3.16. The SMILES string of the molecule is CN[C@H]1CCN(c2c(-c3cccs3)c(C)c(C#N)c3nc(C(=O)N(C)C)oc23)C1. The highest BCUT2D eigenvalue weighted by Gasteiger charge is 2.31. The number of aromatic nitrogens is 1. The molecular formula is C21H23N5O2S. The van der Waals surface area contributed by atoms with E-state index in [1.165, 1.54) is 4.90 Å². The van der Waals surface area contributed by atoms with E-state index >= 15 is 0 Å². The molecule has 1 saturated heterocycles. The first-order valence-electron chi connectivity index (χ1n) is 9.51. The van der Waals surface area contributed by atoms with Gasteiger partial charge in [-0.2, -0.15) is 5.26 Å². The van der Waals surface area contributed by atoms with E-state index in [-0.39, 0.29) is 11.8 Å². The number of oxazole rings is 1. The topological polar surface area (TPSA) is 85.4 Å². The third-order valence-electron chi connectivity index (χ3n) is 5.45. The number of hydrogen-bond donors (Lipinski definition) is 1. The number of carbonyl (C=O) groups excluding carboxylic acids is 1. The number of thiophene rings is 1. The van der Waals surface area contributed by atoms with E-state index in [1.807, 2.05) is 25.4 Å². The van der Waals surface area contributed by atoms with Gasteiger partial charge >= 0.3 is 5.91 Å². The van der Waals surface area contributed by atoms with E-state index in [0.29, 0.717) is 22.7 Å². The molecule has 0 aliphatic carbocycles. The number of benzene rings is 1. The maximum atomic E-state index is 12.5. The largest absolute Gasteiger partial charge is 0.430 e. The fraction of sp³-hybridized carbons (Fsp3) is 0.381. The molecule has 0 radical (unpaired) electrons. The summed E-state index contributed by atoms with van der Waals surface area (Å²) < 4.78 is 6.03. The number of likely N-dealkylation sites (N-methyl/N-ethyl adjacent to an activating group) is 1. The van der Waals surface area contributed by atoms with E-state index in [0.717, 1.165) is 41.2 Å². The van der Waals surface area contributed by atoms with Crippen LogP contribution in [0.1, 0.15) is 28.2 Å². The zero-order valence-corrected chi connectivity index (χ0v) is 17.8. The van der Waals surface area contributed by atoms with Gasteiger partial charge in [0.15, 0.2) is 5.58 Å². The molecule has 1 aromatic carbocycles. The van der Waals surface area contributed by atoms with Crippen molar-refractivity contribution in [3.63, 3.8) is 0 Å². The van der Waals surface area contributed by atoms with Crippen LogP contribution in [0.25, 0.3) is 21.5 Å². The Morgan fingerprint density at radius 2 is 2.28 bits per heavy atom. The fourth-order valence-electron chi connectivity index (χ4n) is 3.89. The number of carbonyl (C=O) groups is 1. The minimum absolute atomic E-state index is 0.00911. The lowest BCUT2D eigenvalue weighted by Gasteiger charge is -2.23. The van der Waals surface area contributed by atoms with Crippen LogP contribution in [0.2, 0.25) is 0 Å². The van der Waals surface area contributed by atoms with Crippen molar-refractivity contribution in [1.29, 1.82) is 5.26 Å². The van der Waals surface area contributed by atoms with Gasteiger partial charge in [-0.05, 0) is 37.4 Å². The minimum atomic E-state index is -0.319. The average Bonchev–Trinajstić information content (AvgIpc) is 3.45. The Labute approximate surface area is 173 Å². The molecule has 150 valence electrons. The van der Waals surface area contributed by atoms with Gasteiger partial charge in [0.2, 0.25) is 0 Å². The molecule has 7 nitrogen and oxygen atoms in total. The zero-order chi connectivity index (χ0) is 20.7. The van der Waals surface area contributed by atoms with Gasteiger partial charge < -0.3 is 19.5 Å². The Morgan fingerprint density at radius 3 is 2.86 bits per heavy atom. The van der Waals surface area contributed by atoms with Gasteiger partial charge in [-0.3, -0.25) is 4.79 Å². The summed E-state index contributed by atoms with van der Waals surface area (Å²) in [6.45, 7) is 3.64. The van der Waals surface area contributed by atoms with Crippen LogP contribution < -0.4 is 10.2 Å². The van der Waals surface area contributed by atoms with Crippen molar-refractivity contribution in [3.8, 4) is 16.5 Å². The van der Waals surface area contributed by atoms with E-state index in [9.17, 15) is 10.1 Å². The number of rotatable bonds is 4. The van der Waals surface area contributed by atoms with Crippen molar-refractivity contribution in [2.24, 2.45) is 0 Å². The smallest absolute Gasteiger partial charge is 0.309 e. The van der Waals surface area contributed by atoms with Crippen molar-refractivity contribution in [3.05, 3.63) is 34.5 Å². The molecule has 1 fully saturated rings. The molecule has 3 aromatic rings. The highest BCUT2D eigenvalue weighted by atomic mass is 32.1. The standard InChI is InChI=1S/C21H23N5O2S/c1-12-14(10-22)17-19(28-20(24-17)21(27)25(3)4)18(16(12)15-6-5-9-29-15)26-8-7-13(11-26)23-2/h5-6,9,13,23H,7-8,11H2,1-4H3/t13-/m0/s1. The van der Waals surface area contributed by atoms with Gasteiger partial charge in [0.25, 0.3) is 5.89 Å². The summed E-state index contributed by atoms with van der Waals surface area (Å²) in [6, 6.07) is 6.72. The van der Waals surface area contributed by atoms with Crippen molar-refractivity contribution in [2.75, 3.05) is 39.1 Å². The van der Waals surface area contributed by atoms with Crippen molar-refractivity contribution in [2.45, 2.75) is 19.4 Å². The lowest BCUT2D eigenvalue weighted by molar-refractivity contribution is 0.0791. The van der Waals surface area contributed by atoms with Crippen molar-refractivity contribution < 1.29 is 9.21 Å². The number of nitrogens with zero attached hydrogens (tertiary/aromatic N) is 4. The predicted molar refractivity (Wildman–Crippen MR) is 114 cm³/mol. The maximum absolute atomic E-state index is 12.5. The van der Waals surface area contributed by atoms with E-state index in [4.69, 9.17) is 4.42 Å². The summed E-state index contributed by atoms with van der Waals surface area (Å²) in [5.41, 5.74) is 4.19. The van der Waals surface area contributed by atoms with Crippen LogP contribution in [-0.2, 0) is 0 Å². The molecule has 0 bridgehead atoms. The van der Waals surface area contributed by atoms with Crippen LogP contribution in [0.4, 0.5) is 5.69 Å². The molecule has 3 heterocycles. The van der Waals surface area contributed by atoms with E-state index in [2.05, 4.69) is 27.3 Å². The molecule has 29 heavy (non-hydrogen) atoms. The fourth-order valence-corrected chi connectivity index (χ4v) is 4.71. The molecule has 0 spiro atoms. The molecule has 1 N–H and O–H groups in total. The normalized spacial score (nSPS) is 16.4. The Hall–Kier alpha value is -2.89. The first-order chi connectivity index (χ1) is 14.0. The molecule has 8 heteroatoms. The Morgan fingerprint density at radius 1 is 1.48 bits per heavy atom. The van der Waals surface area contributed by atoms with Crippen LogP contribution in [0.3, 0.4) is 0 Å². The predicted octanol–water partition coefficient (Wildman–Crippen LogP) is 3.24. The van der Waals surface area contributed by atoms with Crippen molar-refractivity contribution >= 4 is 34.0 Å². The summed E-state index contributed by atoms with van der Waals surface area (Å²) in [4.78, 5) is 21.7. The van der Waals surface area contributed by atoms with Gasteiger partial charge in [0.1, 0.15) is 11.6 Å². The van der Waals surface area contributed by atoms with Crippen LogP contribution in [0, 0.1) is 18.3 Å². The van der Waals surface area contributed by atoms with Gasteiger partial charge in [0.05, 0.1) is 11.3 Å². The second-order valence-corrected chi connectivity index (χ2v) is 8.38. The van der Waals surface area contributed by atoms with Crippen LogP contribution in [-0.4, -0.2) is 56.1 Å². The molecule has 1 aliphatic heterocycles. The first-order valence-corrected chi connectivity index (χ1v) is 10.4. The summed E-state index contributed by atoms with van der Waals surface area (Å²) in [5, 5.41) is 15.3. The number of nitrogens with one attached hydrogen (secondary N) is 1. The average molecular weight is 410 g/mol. The zero-order valence-electron chi connectivity index (χ0n) is 16.9. The highest BCUT2D eigenvalue weighted by Crippen LogP contribution is 2.45. The molecule has 0 saturated carbocycles. The number of hydrogen-bond acceptors (Lipinski definition) is 7. The van der Waals surface area contributed by atoms with Gasteiger partial charge in [-0.1, -0.05) is 6.07 Å². The summed E-state index contributed by atoms with van der Waals surface area (Å²) in [6.07, 6.45) is 1.01. The quantitative estimate of drug-likeness (QED) is 0.712. The summed E-state index contributed by atoms with van der Waals surface area (Å²) >= 11 is 1.63. The second kappa shape index (κ2) is 7.50. The number of nitriles is 1.